The lowest BCUT2D eigenvalue weighted by Gasteiger charge is -2.34. The largest absolute Gasteiger partial charge is 0.482 e. The molecule has 2 aliphatic rings. The number of amides is 1. The third-order valence-electron chi connectivity index (χ3n) is 5.77. The first-order chi connectivity index (χ1) is 15.6. The lowest BCUT2D eigenvalue weighted by molar-refractivity contribution is -0.121. The van der Waals surface area contributed by atoms with Gasteiger partial charge in [0.2, 0.25) is 0 Å². The van der Waals surface area contributed by atoms with E-state index in [9.17, 15) is 4.79 Å². The van der Waals surface area contributed by atoms with Crippen LogP contribution in [0.3, 0.4) is 0 Å². The Morgan fingerprint density at radius 3 is 2.67 bits per heavy atom. The molecule has 2 N–H and O–H groups in total. The first-order valence-electron chi connectivity index (χ1n) is 11.9. The molecule has 3 rings (SSSR count). The number of benzene rings is 1. The zero-order valence-corrected chi connectivity index (χ0v) is 22.5. The van der Waals surface area contributed by atoms with Gasteiger partial charge in [-0.3, -0.25) is 14.7 Å². The van der Waals surface area contributed by atoms with Crippen molar-refractivity contribution in [3.63, 3.8) is 0 Å². The summed E-state index contributed by atoms with van der Waals surface area (Å²) in [6.07, 6.45) is 1.95. The van der Waals surface area contributed by atoms with E-state index in [2.05, 4.69) is 36.3 Å². The van der Waals surface area contributed by atoms with E-state index >= 15 is 0 Å². The highest BCUT2D eigenvalue weighted by atomic mass is 127. The smallest absolute Gasteiger partial charge is 0.265 e. The molecule has 1 saturated heterocycles. The van der Waals surface area contributed by atoms with Crippen molar-refractivity contribution in [3.8, 4) is 5.75 Å². The van der Waals surface area contributed by atoms with Crippen molar-refractivity contribution in [2.75, 3.05) is 64.0 Å². The van der Waals surface area contributed by atoms with Crippen molar-refractivity contribution in [2.24, 2.45) is 10.9 Å². The molecule has 1 fully saturated rings. The lowest BCUT2D eigenvalue weighted by atomic mass is 10.0. The number of aliphatic imine (C=N–C) groups is 1. The summed E-state index contributed by atoms with van der Waals surface area (Å²) in [7, 11) is 0. The summed E-state index contributed by atoms with van der Waals surface area (Å²) in [5.74, 6) is 2.24. The van der Waals surface area contributed by atoms with Crippen LogP contribution >= 0.6 is 24.0 Å². The molecule has 0 radical (unpaired) electrons. The minimum Gasteiger partial charge on any atom is -0.482 e. The molecule has 33 heavy (non-hydrogen) atoms. The van der Waals surface area contributed by atoms with E-state index in [-0.39, 0.29) is 36.5 Å². The fourth-order valence-corrected chi connectivity index (χ4v) is 4.21. The van der Waals surface area contributed by atoms with Gasteiger partial charge in [0.15, 0.2) is 12.6 Å². The summed E-state index contributed by atoms with van der Waals surface area (Å²) in [5, 5.41) is 6.79. The molecule has 2 aliphatic heterocycles. The summed E-state index contributed by atoms with van der Waals surface area (Å²) in [6.45, 7) is 13.3. The van der Waals surface area contributed by atoms with Gasteiger partial charge in [-0.1, -0.05) is 26.0 Å². The molecule has 0 aromatic heterocycles. The Balaban J connectivity index is 0.00000385. The molecule has 0 bridgehead atoms. The Labute approximate surface area is 215 Å². The topological polar surface area (TPSA) is 78.4 Å². The normalized spacial score (nSPS) is 17.8. The molecule has 0 saturated carbocycles. The fourth-order valence-electron chi connectivity index (χ4n) is 4.21. The third-order valence-corrected chi connectivity index (χ3v) is 5.77. The van der Waals surface area contributed by atoms with Gasteiger partial charge in [-0.15, -0.1) is 24.0 Å². The monoisotopic (exact) mass is 573 g/mol. The predicted octanol–water partition coefficient (Wildman–Crippen LogP) is 2.72. The molecular formula is C24H40IN5O3. The van der Waals surface area contributed by atoms with Crippen LogP contribution in [0.15, 0.2) is 29.3 Å². The number of rotatable bonds is 10. The van der Waals surface area contributed by atoms with Gasteiger partial charge in [-0.05, 0) is 37.8 Å². The second-order valence-electron chi connectivity index (χ2n) is 8.73. The van der Waals surface area contributed by atoms with Gasteiger partial charge < -0.3 is 25.0 Å². The number of para-hydroxylation sites is 2. The quantitative estimate of drug-likeness (QED) is 0.194. The maximum absolute atomic E-state index is 12.3. The highest BCUT2D eigenvalue weighted by Crippen LogP contribution is 2.31. The Morgan fingerprint density at radius 1 is 1.18 bits per heavy atom. The minimum absolute atomic E-state index is 0. The van der Waals surface area contributed by atoms with Crippen LogP contribution in [0, 0.1) is 5.92 Å². The molecule has 1 atom stereocenters. The Kier molecular flexibility index (Phi) is 12.3. The highest BCUT2D eigenvalue weighted by Gasteiger charge is 2.24. The van der Waals surface area contributed by atoms with Gasteiger partial charge in [0.05, 0.1) is 25.4 Å². The number of nitrogens with one attached hydrogen (secondary N) is 2. The van der Waals surface area contributed by atoms with E-state index in [1.165, 1.54) is 0 Å². The number of anilines is 1. The number of fused-ring (bicyclic) bond motifs is 1. The minimum atomic E-state index is 0. The predicted molar refractivity (Wildman–Crippen MR) is 144 cm³/mol. The van der Waals surface area contributed by atoms with Gasteiger partial charge >= 0.3 is 0 Å². The van der Waals surface area contributed by atoms with Gasteiger partial charge in [0, 0.05) is 38.8 Å². The number of carbonyl (C=O) groups excluding carboxylic acids is 1. The molecule has 9 heteroatoms. The van der Waals surface area contributed by atoms with Gasteiger partial charge in [-0.2, -0.15) is 0 Å². The van der Waals surface area contributed by atoms with Crippen LogP contribution in [-0.2, 0) is 9.53 Å². The number of morpholine rings is 1. The van der Waals surface area contributed by atoms with E-state index in [0.29, 0.717) is 18.5 Å². The fraction of sp³-hybridized carbons (Fsp3) is 0.667. The Morgan fingerprint density at radius 2 is 1.94 bits per heavy atom. The first kappa shape index (κ1) is 27.7. The number of hydrogen-bond donors (Lipinski definition) is 2. The molecule has 1 amide bonds. The number of ether oxygens (including phenoxy) is 2. The van der Waals surface area contributed by atoms with Crippen LogP contribution in [0.5, 0.6) is 5.75 Å². The summed E-state index contributed by atoms with van der Waals surface area (Å²) in [4.78, 5) is 21.6. The van der Waals surface area contributed by atoms with E-state index in [1.54, 1.807) is 0 Å². The van der Waals surface area contributed by atoms with E-state index in [4.69, 9.17) is 14.5 Å². The molecule has 1 aromatic rings. The van der Waals surface area contributed by atoms with Crippen molar-refractivity contribution in [2.45, 2.75) is 39.7 Å². The molecule has 2 heterocycles. The van der Waals surface area contributed by atoms with Crippen LogP contribution in [0.1, 0.15) is 33.6 Å². The van der Waals surface area contributed by atoms with E-state index in [1.807, 2.05) is 29.2 Å². The van der Waals surface area contributed by atoms with Gasteiger partial charge in [-0.25, -0.2) is 0 Å². The molecule has 0 aliphatic carbocycles. The maximum Gasteiger partial charge on any atom is 0.265 e. The summed E-state index contributed by atoms with van der Waals surface area (Å²) in [5.41, 5.74) is 0.853. The summed E-state index contributed by atoms with van der Waals surface area (Å²) < 4.78 is 11.1. The number of nitrogens with zero attached hydrogens (tertiary/aromatic N) is 3. The molecule has 1 unspecified atom stereocenters. The number of carbonyl (C=O) groups is 1. The van der Waals surface area contributed by atoms with Crippen molar-refractivity contribution >= 4 is 41.5 Å². The first-order valence-corrected chi connectivity index (χ1v) is 11.9. The second-order valence-corrected chi connectivity index (χ2v) is 8.73. The van der Waals surface area contributed by atoms with Crippen LogP contribution in [0.4, 0.5) is 5.69 Å². The summed E-state index contributed by atoms with van der Waals surface area (Å²) in [6, 6.07) is 8.13. The molecule has 186 valence electrons. The Bertz CT molecular complexity index is 755. The van der Waals surface area contributed by atoms with Gasteiger partial charge in [0.1, 0.15) is 5.75 Å². The van der Waals surface area contributed by atoms with E-state index in [0.717, 1.165) is 76.2 Å². The van der Waals surface area contributed by atoms with Crippen molar-refractivity contribution < 1.29 is 14.3 Å². The lowest BCUT2D eigenvalue weighted by Crippen LogP contribution is -2.46. The zero-order valence-electron chi connectivity index (χ0n) is 20.2. The SMILES string of the molecule is CCNC(=NCC(CC(C)C)N1CCOCC1)NCCCN1C(=O)COc2ccccc21.I. The van der Waals surface area contributed by atoms with Crippen molar-refractivity contribution in [1.29, 1.82) is 0 Å². The molecule has 0 spiro atoms. The third kappa shape index (κ3) is 8.60. The van der Waals surface area contributed by atoms with Crippen LogP contribution in [0.25, 0.3) is 0 Å². The Hall–Kier alpha value is -1.59. The highest BCUT2D eigenvalue weighted by molar-refractivity contribution is 14.0. The average Bonchev–Trinajstić information content (AvgIpc) is 2.80. The molecule has 8 nitrogen and oxygen atoms in total. The van der Waals surface area contributed by atoms with Crippen molar-refractivity contribution in [1.82, 2.24) is 15.5 Å². The van der Waals surface area contributed by atoms with Gasteiger partial charge in [0.25, 0.3) is 5.91 Å². The van der Waals surface area contributed by atoms with Crippen LogP contribution in [0.2, 0.25) is 0 Å². The summed E-state index contributed by atoms with van der Waals surface area (Å²) >= 11 is 0. The standard InChI is InChI=1S/C24H39N5O3.HI/c1-4-25-24(27-17-20(16-19(2)3)28-12-14-31-15-13-28)26-10-7-11-29-21-8-5-6-9-22(21)32-18-23(29)30;/h5-6,8-9,19-20H,4,7,10-18H2,1-3H3,(H2,25,26,27);1H. The van der Waals surface area contributed by atoms with Crippen molar-refractivity contribution in [3.05, 3.63) is 24.3 Å². The average molecular weight is 574 g/mol. The number of halogens is 1. The zero-order chi connectivity index (χ0) is 22.8. The number of hydrogen-bond acceptors (Lipinski definition) is 5. The second kappa shape index (κ2) is 14.6. The molecular weight excluding hydrogens is 533 g/mol. The maximum atomic E-state index is 12.3. The van der Waals surface area contributed by atoms with Crippen LogP contribution < -0.4 is 20.3 Å². The van der Waals surface area contributed by atoms with Crippen LogP contribution in [-0.4, -0.2) is 81.9 Å². The number of guanidine groups is 1. The molecule has 1 aromatic carbocycles. The van der Waals surface area contributed by atoms with E-state index < -0.39 is 0 Å².